The number of hydrogen-bond acceptors (Lipinski definition) is 1. The van der Waals surface area contributed by atoms with Crippen LogP contribution in [0.4, 0.5) is 4.39 Å². The molecule has 0 aliphatic heterocycles. The Morgan fingerprint density at radius 3 is 2.40 bits per heavy atom. The van der Waals surface area contributed by atoms with Crippen molar-refractivity contribution in [3.63, 3.8) is 0 Å². The minimum atomic E-state index is -0.241. The first-order valence-electron chi connectivity index (χ1n) is 6.68. The van der Waals surface area contributed by atoms with E-state index in [9.17, 15) is 4.39 Å². The van der Waals surface area contributed by atoms with Gasteiger partial charge in [-0.3, -0.25) is 0 Å². The van der Waals surface area contributed by atoms with Crippen LogP contribution >= 0.6 is 0 Å². The van der Waals surface area contributed by atoms with Gasteiger partial charge in [0.2, 0.25) is 0 Å². The Bertz CT molecular complexity index is 777. The average Bonchev–Trinajstić information content (AvgIpc) is 2.48. The molecule has 2 N–H and O–H groups in total. The topological polar surface area (TPSA) is 26.0 Å². The van der Waals surface area contributed by atoms with E-state index in [4.69, 9.17) is 5.73 Å². The summed E-state index contributed by atoms with van der Waals surface area (Å²) in [6, 6.07) is 17.6. The van der Waals surface area contributed by atoms with Crippen LogP contribution in [0.3, 0.4) is 0 Å². The molecule has 1 nitrogen and oxygen atoms in total. The number of aryl methyl sites for hydroxylation is 1. The van der Waals surface area contributed by atoms with Crippen molar-refractivity contribution in [1.82, 2.24) is 0 Å². The van der Waals surface area contributed by atoms with Crippen molar-refractivity contribution in [1.29, 1.82) is 0 Å². The molecule has 0 bridgehead atoms. The Morgan fingerprint density at radius 1 is 0.950 bits per heavy atom. The van der Waals surface area contributed by atoms with E-state index >= 15 is 0 Å². The predicted molar refractivity (Wildman–Crippen MR) is 82.0 cm³/mol. The van der Waals surface area contributed by atoms with Crippen LogP contribution in [-0.4, -0.2) is 0 Å². The van der Waals surface area contributed by atoms with E-state index in [1.165, 1.54) is 10.9 Å². The first-order valence-corrected chi connectivity index (χ1v) is 6.68. The fraction of sp³-hybridized carbons (Fsp3) is 0.111. The van der Waals surface area contributed by atoms with Gasteiger partial charge in [0.15, 0.2) is 0 Å². The number of hydrogen-bond donors (Lipinski definition) is 1. The van der Waals surface area contributed by atoms with Crippen LogP contribution in [-0.2, 0) is 6.54 Å². The standard InChI is InChI=1S/C18H16FN/c1-12-6-9-16(17-5-3-2-4-15(12)17)13-7-8-14(11-20)18(19)10-13/h2-10H,11,20H2,1H3. The molecule has 0 saturated carbocycles. The summed E-state index contributed by atoms with van der Waals surface area (Å²) in [6.45, 7) is 2.31. The largest absolute Gasteiger partial charge is 0.326 e. The second-order valence-corrected chi connectivity index (χ2v) is 4.99. The van der Waals surface area contributed by atoms with Gasteiger partial charge in [-0.25, -0.2) is 4.39 Å². The third-order valence-electron chi connectivity index (χ3n) is 3.73. The smallest absolute Gasteiger partial charge is 0.128 e. The van der Waals surface area contributed by atoms with Crippen LogP contribution in [0.2, 0.25) is 0 Å². The molecule has 0 aliphatic carbocycles. The van der Waals surface area contributed by atoms with Crippen LogP contribution in [0.25, 0.3) is 21.9 Å². The van der Waals surface area contributed by atoms with Gasteiger partial charge in [0.25, 0.3) is 0 Å². The lowest BCUT2D eigenvalue weighted by atomic mass is 9.95. The van der Waals surface area contributed by atoms with Gasteiger partial charge in [-0.1, -0.05) is 48.5 Å². The number of benzene rings is 3. The molecular formula is C18H16FN. The monoisotopic (exact) mass is 265 g/mol. The lowest BCUT2D eigenvalue weighted by Crippen LogP contribution is -1.99. The summed E-state index contributed by atoms with van der Waals surface area (Å²) in [4.78, 5) is 0. The zero-order chi connectivity index (χ0) is 14.1. The summed E-state index contributed by atoms with van der Waals surface area (Å²) < 4.78 is 13.9. The zero-order valence-corrected chi connectivity index (χ0v) is 11.4. The maximum Gasteiger partial charge on any atom is 0.128 e. The van der Waals surface area contributed by atoms with E-state index in [1.807, 2.05) is 18.2 Å². The Morgan fingerprint density at radius 2 is 1.70 bits per heavy atom. The summed E-state index contributed by atoms with van der Waals surface area (Å²) in [5.41, 5.74) is 9.22. The van der Waals surface area contributed by atoms with E-state index in [1.54, 1.807) is 12.1 Å². The molecule has 0 aliphatic rings. The lowest BCUT2D eigenvalue weighted by Gasteiger charge is -2.10. The van der Waals surface area contributed by atoms with Crippen molar-refractivity contribution in [2.24, 2.45) is 5.73 Å². The number of rotatable bonds is 2. The van der Waals surface area contributed by atoms with Gasteiger partial charge < -0.3 is 5.73 Å². The zero-order valence-electron chi connectivity index (χ0n) is 11.4. The molecule has 3 aromatic rings. The van der Waals surface area contributed by atoms with E-state index in [0.29, 0.717) is 5.56 Å². The fourth-order valence-corrected chi connectivity index (χ4v) is 2.58. The second kappa shape index (κ2) is 5.06. The maximum atomic E-state index is 13.9. The van der Waals surface area contributed by atoms with Gasteiger partial charge in [-0.05, 0) is 40.5 Å². The highest BCUT2D eigenvalue weighted by atomic mass is 19.1. The molecule has 0 heterocycles. The van der Waals surface area contributed by atoms with Crippen LogP contribution in [0, 0.1) is 12.7 Å². The third kappa shape index (κ3) is 2.08. The summed E-state index contributed by atoms with van der Waals surface area (Å²) >= 11 is 0. The summed E-state index contributed by atoms with van der Waals surface area (Å²) in [5, 5.41) is 2.35. The molecule has 0 amide bonds. The minimum Gasteiger partial charge on any atom is -0.326 e. The first kappa shape index (κ1) is 12.8. The van der Waals surface area contributed by atoms with Crippen molar-refractivity contribution < 1.29 is 4.39 Å². The maximum absolute atomic E-state index is 13.9. The Balaban J connectivity index is 2.25. The quantitative estimate of drug-likeness (QED) is 0.729. The van der Waals surface area contributed by atoms with Crippen LogP contribution in [0.1, 0.15) is 11.1 Å². The van der Waals surface area contributed by atoms with Crippen molar-refractivity contribution in [2.75, 3.05) is 0 Å². The molecule has 0 fully saturated rings. The number of fused-ring (bicyclic) bond motifs is 1. The van der Waals surface area contributed by atoms with Crippen LogP contribution < -0.4 is 5.73 Å². The number of nitrogens with two attached hydrogens (primary N) is 1. The normalized spacial score (nSPS) is 10.9. The molecule has 0 atom stereocenters. The van der Waals surface area contributed by atoms with E-state index < -0.39 is 0 Å². The molecule has 0 unspecified atom stereocenters. The first-order chi connectivity index (χ1) is 9.70. The summed E-state index contributed by atoms with van der Waals surface area (Å²) in [6.07, 6.45) is 0. The molecule has 3 aromatic carbocycles. The lowest BCUT2D eigenvalue weighted by molar-refractivity contribution is 0.611. The van der Waals surface area contributed by atoms with Crippen LogP contribution in [0.15, 0.2) is 54.6 Å². The highest BCUT2D eigenvalue weighted by Crippen LogP contribution is 2.31. The minimum absolute atomic E-state index is 0.223. The third-order valence-corrected chi connectivity index (χ3v) is 3.73. The van der Waals surface area contributed by atoms with Gasteiger partial charge in [-0.15, -0.1) is 0 Å². The van der Waals surface area contributed by atoms with E-state index in [0.717, 1.165) is 16.5 Å². The molecule has 3 rings (SSSR count). The number of halogens is 1. The van der Waals surface area contributed by atoms with Crippen molar-refractivity contribution >= 4 is 10.8 Å². The summed E-state index contributed by atoms with van der Waals surface area (Å²) in [5.74, 6) is -0.241. The molecule has 20 heavy (non-hydrogen) atoms. The van der Waals surface area contributed by atoms with Gasteiger partial charge in [0.05, 0.1) is 0 Å². The van der Waals surface area contributed by atoms with Gasteiger partial charge >= 0.3 is 0 Å². The summed E-state index contributed by atoms with van der Waals surface area (Å²) in [7, 11) is 0. The molecule has 2 heteroatoms. The molecule has 0 radical (unpaired) electrons. The van der Waals surface area contributed by atoms with E-state index in [-0.39, 0.29) is 12.4 Å². The van der Waals surface area contributed by atoms with Gasteiger partial charge in [0, 0.05) is 12.1 Å². The average molecular weight is 265 g/mol. The molecule has 0 saturated heterocycles. The Kier molecular flexibility index (Phi) is 3.25. The SMILES string of the molecule is Cc1ccc(-c2ccc(CN)c(F)c2)c2ccccc12. The van der Waals surface area contributed by atoms with Crippen molar-refractivity contribution in [2.45, 2.75) is 13.5 Å². The Labute approximate surface area is 117 Å². The molecule has 100 valence electrons. The molecular weight excluding hydrogens is 249 g/mol. The highest BCUT2D eigenvalue weighted by molar-refractivity contribution is 5.98. The second-order valence-electron chi connectivity index (χ2n) is 4.99. The van der Waals surface area contributed by atoms with Gasteiger partial charge in [-0.2, -0.15) is 0 Å². The molecule has 0 aromatic heterocycles. The molecule has 0 spiro atoms. The van der Waals surface area contributed by atoms with Crippen molar-refractivity contribution in [3.8, 4) is 11.1 Å². The predicted octanol–water partition coefficient (Wildman–Crippen LogP) is 4.41. The van der Waals surface area contributed by atoms with Gasteiger partial charge in [0.1, 0.15) is 5.82 Å². The van der Waals surface area contributed by atoms with Crippen LogP contribution in [0.5, 0.6) is 0 Å². The fourth-order valence-electron chi connectivity index (χ4n) is 2.58. The van der Waals surface area contributed by atoms with Crippen molar-refractivity contribution in [3.05, 3.63) is 71.5 Å². The highest BCUT2D eigenvalue weighted by Gasteiger charge is 2.08. The van der Waals surface area contributed by atoms with E-state index in [2.05, 4.69) is 31.2 Å². The Hall–Kier alpha value is -2.19.